The normalized spacial score (nSPS) is 17.7. The molecule has 0 aliphatic carbocycles. The second-order valence-electron chi connectivity index (χ2n) is 5.69. The first kappa shape index (κ1) is 16.4. The molecule has 0 aromatic heterocycles. The van der Waals surface area contributed by atoms with Crippen molar-refractivity contribution in [2.75, 3.05) is 32.9 Å². The summed E-state index contributed by atoms with van der Waals surface area (Å²) in [7, 11) is 2.00. The average Bonchev–Trinajstić information content (AvgIpc) is 2.55. The summed E-state index contributed by atoms with van der Waals surface area (Å²) >= 11 is 1.64. The van der Waals surface area contributed by atoms with Crippen LogP contribution in [-0.2, 0) is 4.79 Å². The van der Waals surface area contributed by atoms with Crippen LogP contribution in [0.5, 0.6) is 0 Å². The van der Waals surface area contributed by atoms with Gasteiger partial charge >= 0.3 is 0 Å². The smallest absolute Gasteiger partial charge is 0.240 e. The van der Waals surface area contributed by atoms with E-state index in [1.54, 1.807) is 11.8 Å². The molecule has 3 nitrogen and oxygen atoms in total. The number of likely N-dealkylation sites (tertiary alicyclic amines) is 1. The van der Waals surface area contributed by atoms with E-state index >= 15 is 0 Å². The van der Waals surface area contributed by atoms with Crippen molar-refractivity contribution < 1.29 is 4.79 Å². The van der Waals surface area contributed by atoms with E-state index in [4.69, 9.17) is 0 Å². The largest absolute Gasteiger partial charge is 0.341 e. The van der Waals surface area contributed by atoms with E-state index in [-0.39, 0.29) is 11.2 Å². The van der Waals surface area contributed by atoms with E-state index in [2.05, 4.69) is 22.3 Å². The maximum atomic E-state index is 12.7. The van der Waals surface area contributed by atoms with Gasteiger partial charge in [0.05, 0.1) is 0 Å². The highest BCUT2D eigenvalue weighted by Crippen LogP contribution is 2.30. The first-order valence-electron chi connectivity index (χ1n) is 7.77. The van der Waals surface area contributed by atoms with Crippen molar-refractivity contribution in [3.8, 4) is 0 Å². The molecule has 0 radical (unpaired) electrons. The van der Waals surface area contributed by atoms with Crippen LogP contribution < -0.4 is 5.32 Å². The zero-order valence-corrected chi connectivity index (χ0v) is 13.9. The SMILES string of the molecule is CNCCC1CCN(C(=O)C(SC)c2ccccc2)CC1. The zero-order chi connectivity index (χ0) is 15.1. The monoisotopic (exact) mass is 306 g/mol. The molecule has 1 fully saturated rings. The lowest BCUT2D eigenvalue weighted by molar-refractivity contribution is -0.132. The molecule has 1 saturated heterocycles. The summed E-state index contributed by atoms with van der Waals surface area (Å²) < 4.78 is 0. The van der Waals surface area contributed by atoms with E-state index in [9.17, 15) is 4.79 Å². The Bertz CT molecular complexity index is 430. The molecule has 4 heteroatoms. The summed E-state index contributed by atoms with van der Waals surface area (Å²) in [5.74, 6) is 1.05. The van der Waals surface area contributed by atoms with E-state index in [1.165, 1.54) is 6.42 Å². The first-order chi connectivity index (χ1) is 10.3. The van der Waals surface area contributed by atoms with Crippen LogP contribution in [0.1, 0.15) is 30.1 Å². The Morgan fingerprint density at radius 3 is 2.57 bits per heavy atom. The first-order valence-corrected chi connectivity index (χ1v) is 9.06. The molecule has 1 amide bonds. The lowest BCUT2D eigenvalue weighted by Gasteiger charge is -2.34. The number of benzene rings is 1. The molecule has 0 spiro atoms. The van der Waals surface area contributed by atoms with Gasteiger partial charge in [0.2, 0.25) is 5.91 Å². The number of thioether (sulfide) groups is 1. The van der Waals surface area contributed by atoms with Crippen LogP contribution >= 0.6 is 11.8 Å². The fourth-order valence-corrected chi connectivity index (χ4v) is 3.74. The molecular formula is C17H26N2OS. The van der Waals surface area contributed by atoms with Gasteiger partial charge in [-0.25, -0.2) is 0 Å². The number of hydrogen-bond acceptors (Lipinski definition) is 3. The molecule has 1 heterocycles. The van der Waals surface area contributed by atoms with Crippen molar-refractivity contribution in [2.24, 2.45) is 5.92 Å². The van der Waals surface area contributed by atoms with Gasteiger partial charge in [-0.05, 0) is 50.6 Å². The number of amides is 1. The van der Waals surface area contributed by atoms with Gasteiger partial charge < -0.3 is 10.2 Å². The minimum atomic E-state index is -0.0555. The fourth-order valence-electron chi connectivity index (χ4n) is 2.96. The molecule has 1 aliphatic rings. The lowest BCUT2D eigenvalue weighted by Crippen LogP contribution is -2.40. The Morgan fingerprint density at radius 1 is 1.33 bits per heavy atom. The number of carbonyl (C=O) groups is 1. The Morgan fingerprint density at radius 2 is 2.00 bits per heavy atom. The molecule has 116 valence electrons. The third kappa shape index (κ3) is 4.48. The van der Waals surface area contributed by atoms with Crippen LogP contribution in [0.25, 0.3) is 0 Å². The van der Waals surface area contributed by atoms with Crippen LogP contribution in [0, 0.1) is 5.92 Å². The molecule has 0 bridgehead atoms. The highest BCUT2D eigenvalue weighted by atomic mass is 32.2. The Labute approximate surface area is 132 Å². The van der Waals surface area contributed by atoms with Crippen molar-refractivity contribution in [3.63, 3.8) is 0 Å². The Hall–Kier alpha value is -1.00. The minimum Gasteiger partial charge on any atom is -0.341 e. The summed E-state index contributed by atoms with van der Waals surface area (Å²) in [6.07, 6.45) is 5.53. The third-order valence-electron chi connectivity index (χ3n) is 4.29. The summed E-state index contributed by atoms with van der Waals surface area (Å²) in [6, 6.07) is 10.1. The van der Waals surface area contributed by atoms with E-state index < -0.39 is 0 Å². The summed E-state index contributed by atoms with van der Waals surface area (Å²) in [5, 5.41) is 3.16. The van der Waals surface area contributed by atoms with Crippen molar-refractivity contribution in [2.45, 2.75) is 24.5 Å². The summed E-state index contributed by atoms with van der Waals surface area (Å²) in [5.41, 5.74) is 1.12. The molecule has 2 rings (SSSR count). The molecule has 0 saturated carbocycles. The van der Waals surface area contributed by atoms with Crippen LogP contribution in [0.15, 0.2) is 30.3 Å². The van der Waals surface area contributed by atoms with Crippen molar-refractivity contribution >= 4 is 17.7 Å². The highest BCUT2D eigenvalue weighted by molar-refractivity contribution is 7.99. The highest BCUT2D eigenvalue weighted by Gasteiger charge is 2.28. The van der Waals surface area contributed by atoms with Gasteiger partial charge in [0, 0.05) is 13.1 Å². The topological polar surface area (TPSA) is 32.3 Å². The van der Waals surface area contributed by atoms with E-state index in [1.807, 2.05) is 31.5 Å². The second kappa shape index (κ2) is 8.44. The number of nitrogens with one attached hydrogen (secondary N) is 1. The number of rotatable bonds is 6. The number of hydrogen-bond donors (Lipinski definition) is 1. The zero-order valence-electron chi connectivity index (χ0n) is 13.0. The number of piperidine rings is 1. The standard InChI is InChI=1S/C17H26N2OS/c1-18-11-8-14-9-12-19(13-10-14)17(20)16(21-2)15-6-4-3-5-7-15/h3-7,14,16,18H,8-13H2,1-2H3. The van der Waals surface area contributed by atoms with Crippen LogP contribution in [0.3, 0.4) is 0 Å². The van der Waals surface area contributed by atoms with Gasteiger partial charge in [-0.15, -0.1) is 11.8 Å². The fraction of sp³-hybridized carbons (Fsp3) is 0.588. The molecule has 1 unspecified atom stereocenters. The van der Waals surface area contributed by atoms with Crippen LogP contribution in [-0.4, -0.2) is 43.7 Å². The second-order valence-corrected chi connectivity index (χ2v) is 6.63. The van der Waals surface area contributed by atoms with E-state index in [0.29, 0.717) is 0 Å². The van der Waals surface area contributed by atoms with Crippen molar-refractivity contribution in [3.05, 3.63) is 35.9 Å². The van der Waals surface area contributed by atoms with Crippen LogP contribution in [0.4, 0.5) is 0 Å². The predicted molar refractivity (Wildman–Crippen MR) is 90.5 cm³/mol. The van der Waals surface area contributed by atoms with Crippen molar-refractivity contribution in [1.82, 2.24) is 10.2 Å². The van der Waals surface area contributed by atoms with Gasteiger partial charge in [-0.1, -0.05) is 30.3 Å². The molecule has 21 heavy (non-hydrogen) atoms. The maximum Gasteiger partial charge on any atom is 0.240 e. The summed E-state index contributed by atoms with van der Waals surface area (Å²) in [4.78, 5) is 14.8. The van der Waals surface area contributed by atoms with Crippen molar-refractivity contribution in [1.29, 1.82) is 0 Å². The molecule has 1 N–H and O–H groups in total. The van der Waals surface area contributed by atoms with E-state index in [0.717, 1.165) is 44.0 Å². The maximum absolute atomic E-state index is 12.7. The molecule has 1 aromatic carbocycles. The average molecular weight is 306 g/mol. The number of nitrogens with zero attached hydrogens (tertiary/aromatic N) is 1. The van der Waals surface area contributed by atoms with Gasteiger partial charge in [0.1, 0.15) is 5.25 Å². The van der Waals surface area contributed by atoms with Gasteiger partial charge in [-0.3, -0.25) is 4.79 Å². The lowest BCUT2D eigenvalue weighted by atomic mass is 9.93. The van der Waals surface area contributed by atoms with Gasteiger partial charge in [-0.2, -0.15) is 0 Å². The third-order valence-corrected chi connectivity index (χ3v) is 5.24. The predicted octanol–water partition coefficient (Wildman–Crippen LogP) is 2.94. The van der Waals surface area contributed by atoms with Crippen LogP contribution in [0.2, 0.25) is 0 Å². The minimum absolute atomic E-state index is 0.0555. The molecule has 1 aromatic rings. The number of carbonyl (C=O) groups excluding carboxylic acids is 1. The van der Waals surface area contributed by atoms with Gasteiger partial charge in [0.25, 0.3) is 0 Å². The quantitative estimate of drug-likeness (QED) is 0.877. The molecular weight excluding hydrogens is 280 g/mol. The molecule has 1 atom stereocenters. The van der Waals surface area contributed by atoms with Gasteiger partial charge in [0.15, 0.2) is 0 Å². The summed E-state index contributed by atoms with van der Waals surface area (Å²) in [6.45, 7) is 2.91. The molecule has 1 aliphatic heterocycles. The Kier molecular flexibility index (Phi) is 6.58. The Balaban J connectivity index is 1.91.